The van der Waals surface area contributed by atoms with E-state index >= 15 is 0 Å². The molecule has 6 nitrogen and oxygen atoms in total. The van der Waals surface area contributed by atoms with E-state index < -0.39 is 11.6 Å². The van der Waals surface area contributed by atoms with E-state index in [0.717, 1.165) is 71.6 Å². The van der Waals surface area contributed by atoms with Crippen LogP contribution in [0.4, 0.5) is 21.6 Å². The van der Waals surface area contributed by atoms with Gasteiger partial charge in [-0.05, 0) is 80.0 Å². The maximum absolute atomic E-state index is 14.2. The normalized spacial score (nSPS) is 15.6. The second-order valence-corrected chi connectivity index (χ2v) is 10.2. The Balaban J connectivity index is 1.49. The summed E-state index contributed by atoms with van der Waals surface area (Å²) in [5, 5.41) is 14.2. The Labute approximate surface area is 221 Å². The third kappa shape index (κ3) is 5.20. The Kier molecular flexibility index (Phi) is 7.17. The van der Waals surface area contributed by atoms with Crippen molar-refractivity contribution in [3.05, 3.63) is 71.3 Å². The quantitative estimate of drug-likeness (QED) is 0.285. The highest BCUT2D eigenvalue weighted by molar-refractivity contribution is 6.32. The molecule has 2 aromatic heterocycles. The van der Waals surface area contributed by atoms with Crippen LogP contribution >= 0.6 is 11.6 Å². The van der Waals surface area contributed by atoms with Gasteiger partial charge in [-0.3, -0.25) is 4.98 Å². The number of benzene rings is 2. The molecule has 1 fully saturated rings. The van der Waals surface area contributed by atoms with Crippen LogP contribution in [0.3, 0.4) is 0 Å². The molecule has 2 N–H and O–H groups in total. The highest BCUT2D eigenvalue weighted by atomic mass is 35.5. The number of fused-ring (bicyclic) bond motifs is 1. The topological polar surface area (TPSA) is 64.5 Å². The van der Waals surface area contributed by atoms with Crippen molar-refractivity contribution in [3.8, 4) is 16.9 Å². The number of rotatable bonds is 7. The molecule has 0 amide bonds. The van der Waals surface area contributed by atoms with Gasteiger partial charge in [0, 0.05) is 30.7 Å². The van der Waals surface area contributed by atoms with Crippen molar-refractivity contribution in [2.75, 3.05) is 37.4 Å². The van der Waals surface area contributed by atoms with E-state index in [1.54, 1.807) is 6.07 Å². The predicted molar refractivity (Wildman–Crippen MR) is 150 cm³/mol. The fourth-order valence-corrected chi connectivity index (χ4v) is 5.12. The lowest BCUT2D eigenvalue weighted by molar-refractivity contribution is 0.315. The Morgan fingerprint density at radius 3 is 2.62 bits per heavy atom. The van der Waals surface area contributed by atoms with E-state index in [2.05, 4.69) is 53.3 Å². The number of pyridine rings is 2. The van der Waals surface area contributed by atoms with Crippen molar-refractivity contribution in [2.24, 2.45) is 0 Å². The number of anilines is 3. The molecule has 1 atom stereocenters. The molecule has 0 radical (unpaired) electrons. The van der Waals surface area contributed by atoms with E-state index in [-0.39, 0.29) is 5.02 Å². The van der Waals surface area contributed by atoms with Crippen molar-refractivity contribution < 1.29 is 9.50 Å². The van der Waals surface area contributed by atoms with Gasteiger partial charge in [0.2, 0.25) is 0 Å². The zero-order valence-electron chi connectivity index (χ0n) is 21.3. The minimum Gasteiger partial charge on any atom is -0.504 e. The standard InChI is InChI=1S/C29H31ClFN5O/c1-4-5-19-15-32-26-8-6-18(20-13-24(30)29(37)25(31)14-20)12-23(26)28(19)34-21-7-9-27(33-16-21)36-11-10-22(17-36)35(2)3/h6-9,12-16,22,37H,4-5,10-11,17H2,1-3H3,(H,32,34). The van der Waals surface area contributed by atoms with E-state index in [1.807, 2.05) is 30.6 Å². The molecule has 192 valence electrons. The van der Waals surface area contributed by atoms with Gasteiger partial charge in [0.25, 0.3) is 0 Å². The fourth-order valence-electron chi connectivity index (χ4n) is 4.91. The predicted octanol–water partition coefficient (Wildman–Crippen LogP) is 6.63. The van der Waals surface area contributed by atoms with Gasteiger partial charge in [0.1, 0.15) is 5.82 Å². The van der Waals surface area contributed by atoms with Gasteiger partial charge >= 0.3 is 0 Å². The Morgan fingerprint density at radius 1 is 1.11 bits per heavy atom. The molecule has 1 saturated heterocycles. The monoisotopic (exact) mass is 519 g/mol. The third-order valence-corrected chi connectivity index (χ3v) is 7.34. The molecule has 2 aromatic carbocycles. The molecule has 1 aliphatic rings. The summed E-state index contributed by atoms with van der Waals surface area (Å²) < 4.78 is 14.2. The van der Waals surface area contributed by atoms with Gasteiger partial charge in [0.15, 0.2) is 11.6 Å². The number of hydrogen-bond donors (Lipinski definition) is 2. The van der Waals surface area contributed by atoms with Crippen LogP contribution in [0.15, 0.2) is 54.9 Å². The summed E-state index contributed by atoms with van der Waals surface area (Å²) >= 11 is 6.05. The van der Waals surface area contributed by atoms with E-state index in [1.165, 1.54) is 6.07 Å². The molecule has 1 unspecified atom stereocenters. The minimum absolute atomic E-state index is 0.0210. The van der Waals surface area contributed by atoms with Gasteiger partial charge in [-0.25, -0.2) is 9.37 Å². The smallest absolute Gasteiger partial charge is 0.170 e. The number of likely N-dealkylation sites (N-methyl/N-ethyl adjacent to an activating group) is 1. The molecule has 4 aromatic rings. The van der Waals surface area contributed by atoms with E-state index in [0.29, 0.717) is 11.6 Å². The van der Waals surface area contributed by atoms with E-state index in [4.69, 9.17) is 16.6 Å². The Hall–Kier alpha value is -3.42. The molecule has 0 aliphatic carbocycles. The van der Waals surface area contributed by atoms with Crippen LogP contribution in [-0.4, -0.2) is 53.2 Å². The van der Waals surface area contributed by atoms with Gasteiger partial charge < -0.3 is 20.2 Å². The summed E-state index contributed by atoms with van der Waals surface area (Å²) in [6.45, 7) is 4.12. The van der Waals surface area contributed by atoms with Gasteiger partial charge in [-0.2, -0.15) is 0 Å². The first-order valence-corrected chi connectivity index (χ1v) is 13.0. The Morgan fingerprint density at radius 2 is 1.95 bits per heavy atom. The molecule has 0 saturated carbocycles. The van der Waals surface area contributed by atoms with Crippen molar-refractivity contribution in [2.45, 2.75) is 32.2 Å². The average Bonchev–Trinajstić information content (AvgIpc) is 3.39. The SMILES string of the molecule is CCCc1cnc2ccc(-c3cc(F)c(O)c(Cl)c3)cc2c1Nc1ccc(N2CCC(N(C)C)C2)nc1. The third-order valence-electron chi connectivity index (χ3n) is 7.05. The van der Waals surface area contributed by atoms with Crippen LogP contribution in [0.1, 0.15) is 25.3 Å². The Bertz CT molecular complexity index is 1400. The minimum atomic E-state index is -0.750. The van der Waals surface area contributed by atoms with E-state index in [9.17, 15) is 9.50 Å². The maximum Gasteiger partial charge on any atom is 0.170 e. The summed E-state index contributed by atoms with van der Waals surface area (Å²) in [7, 11) is 4.25. The molecule has 0 spiro atoms. The summed E-state index contributed by atoms with van der Waals surface area (Å²) in [5.41, 5.74) is 5.14. The molecule has 8 heteroatoms. The number of halogens is 2. The number of nitrogens with one attached hydrogen (secondary N) is 1. The van der Waals surface area contributed by atoms with Crippen molar-refractivity contribution >= 4 is 39.7 Å². The number of aromatic hydroxyl groups is 1. The van der Waals surface area contributed by atoms with Crippen LogP contribution in [0.2, 0.25) is 5.02 Å². The molecular formula is C29H31ClFN5O. The first-order valence-electron chi connectivity index (χ1n) is 12.6. The molecular weight excluding hydrogens is 489 g/mol. The number of phenolic OH excluding ortho intramolecular Hbond substituents is 1. The number of aryl methyl sites for hydroxylation is 1. The second-order valence-electron chi connectivity index (χ2n) is 9.81. The highest BCUT2D eigenvalue weighted by Gasteiger charge is 2.24. The van der Waals surface area contributed by atoms with Crippen LogP contribution in [0, 0.1) is 5.82 Å². The molecule has 0 bridgehead atoms. The molecule has 5 rings (SSSR count). The molecule has 1 aliphatic heterocycles. The van der Waals surface area contributed by atoms with Crippen molar-refractivity contribution in [3.63, 3.8) is 0 Å². The number of nitrogens with zero attached hydrogens (tertiary/aromatic N) is 4. The number of phenols is 1. The zero-order chi connectivity index (χ0) is 26.1. The molecule has 37 heavy (non-hydrogen) atoms. The van der Waals surface area contributed by atoms with Gasteiger partial charge in [-0.15, -0.1) is 0 Å². The summed E-state index contributed by atoms with van der Waals surface area (Å²) in [4.78, 5) is 14.0. The summed E-state index contributed by atoms with van der Waals surface area (Å²) in [5.74, 6) is -0.306. The summed E-state index contributed by atoms with van der Waals surface area (Å²) in [6.07, 6.45) is 6.76. The van der Waals surface area contributed by atoms with Gasteiger partial charge in [0.05, 0.1) is 28.1 Å². The number of hydrogen-bond acceptors (Lipinski definition) is 6. The highest BCUT2D eigenvalue weighted by Crippen LogP contribution is 2.36. The number of aromatic nitrogens is 2. The second kappa shape index (κ2) is 10.5. The van der Waals surface area contributed by atoms with Crippen LogP contribution in [0.25, 0.3) is 22.0 Å². The van der Waals surface area contributed by atoms with Crippen LogP contribution in [0.5, 0.6) is 5.75 Å². The average molecular weight is 520 g/mol. The first kappa shape index (κ1) is 25.2. The zero-order valence-corrected chi connectivity index (χ0v) is 22.1. The van der Waals surface area contributed by atoms with Crippen LogP contribution < -0.4 is 10.2 Å². The lowest BCUT2D eigenvalue weighted by atomic mass is 9.99. The lowest BCUT2D eigenvalue weighted by Gasteiger charge is -2.21. The van der Waals surface area contributed by atoms with Crippen molar-refractivity contribution in [1.29, 1.82) is 0 Å². The fraction of sp³-hybridized carbons (Fsp3) is 0.310. The summed E-state index contributed by atoms with van der Waals surface area (Å²) in [6, 6.07) is 13.3. The first-order chi connectivity index (χ1) is 17.8. The molecule has 3 heterocycles. The lowest BCUT2D eigenvalue weighted by Crippen LogP contribution is -2.31. The largest absolute Gasteiger partial charge is 0.504 e. The van der Waals surface area contributed by atoms with Gasteiger partial charge in [-0.1, -0.05) is 31.0 Å². The maximum atomic E-state index is 14.2. The van der Waals surface area contributed by atoms with Crippen LogP contribution in [-0.2, 0) is 6.42 Å². The van der Waals surface area contributed by atoms with Crippen molar-refractivity contribution in [1.82, 2.24) is 14.9 Å².